The summed E-state index contributed by atoms with van der Waals surface area (Å²) in [5, 5.41) is 5.85. The van der Waals surface area contributed by atoms with Crippen LogP contribution in [0.15, 0.2) is 99.8 Å². The molecule has 6 nitrogen and oxygen atoms in total. The zero-order valence-corrected chi connectivity index (χ0v) is 20.3. The highest BCUT2D eigenvalue weighted by atomic mass is 32.1. The number of aryl methyl sites for hydroxylation is 1. The van der Waals surface area contributed by atoms with Gasteiger partial charge in [-0.2, -0.15) is 0 Å². The smallest absolute Gasteiger partial charge is 0.250 e. The fourth-order valence-corrected chi connectivity index (χ4v) is 3.94. The molecular formula is C29H23N3O3S. The van der Waals surface area contributed by atoms with E-state index in [4.69, 9.17) is 21.1 Å². The second-order valence-electron chi connectivity index (χ2n) is 8.10. The van der Waals surface area contributed by atoms with E-state index in [0.717, 1.165) is 34.4 Å². The maximum Gasteiger partial charge on any atom is 0.250 e. The molecule has 0 atom stereocenters. The summed E-state index contributed by atoms with van der Waals surface area (Å²) >= 11 is 5.31. The van der Waals surface area contributed by atoms with E-state index in [0.29, 0.717) is 17.3 Å². The lowest BCUT2D eigenvalue weighted by Crippen LogP contribution is -2.32. The Kier molecular flexibility index (Phi) is 6.73. The van der Waals surface area contributed by atoms with E-state index in [9.17, 15) is 4.79 Å². The first-order valence-corrected chi connectivity index (χ1v) is 11.9. The maximum absolute atomic E-state index is 12.3. The minimum atomic E-state index is -0.369. The van der Waals surface area contributed by atoms with Gasteiger partial charge in [-0.3, -0.25) is 10.1 Å². The van der Waals surface area contributed by atoms with Crippen LogP contribution in [0.2, 0.25) is 0 Å². The first-order valence-electron chi connectivity index (χ1n) is 11.5. The molecule has 2 aromatic heterocycles. The van der Waals surface area contributed by atoms with Crippen molar-refractivity contribution in [1.82, 2.24) is 10.3 Å². The molecular weight excluding hydrogens is 470 g/mol. The number of rotatable bonds is 6. The van der Waals surface area contributed by atoms with Crippen molar-refractivity contribution < 1.29 is 13.6 Å². The average molecular weight is 494 g/mol. The van der Waals surface area contributed by atoms with Crippen LogP contribution in [0.25, 0.3) is 40.0 Å². The number of hydrogen-bond acceptors (Lipinski definition) is 5. The van der Waals surface area contributed by atoms with Crippen LogP contribution in [-0.2, 0) is 11.2 Å². The minimum absolute atomic E-state index is 0.177. The largest absolute Gasteiger partial charge is 0.457 e. The lowest BCUT2D eigenvalue weighted by molar-refractivity contribution is -0.115. The molecule has 0 bridgehead atoms. The van der Waals surface area contributed by atoms with Gasteiger partial charge in [-0.15, -0.1) is 0 Å². The van der Waals surface area contributed by atoms with Crippen LogP contribution < -0.4 is 10.6 Å². The first kappa shape index (κ1) is 23.3. The van der Waals surface area contributed by atoms with Crippen molar-refractivity contribution in [3.05, 3.63) is 102 Å². The highest BCUT2D eigenvalue weighted by Crippen LogP contribution is 2.27. The quantitative estimate of drug-likeness (QED) is 0.199. The summed E-state index contributed by atoms with van der Waals surface area (Å²) in [5.74, 6) is 1.46. The number of carbonyl (C=O) groups excluding carboxylic acids is 1. The molecule has 0 unspecified atom stereocenters. The van der Waals surface area contributed by atoms with Crippen molar-refractivity contribution in [2.24, 2.45) is 0 Å². The van der Waals surface area contributed by atoms with Crippen LogP contribution in [0.3, 0.4) is 0 Å². The summed E-state index contributed by atoms with van der Waals surface area (Å²) in [6.07, 6.45) is 3.91. The zero-order valence-electron chi connectivity index (χ0n) is 19.5. The topological polar surface area (TPSA) is 80.3 Å². The number of benzene rings is 3. The number of fused-ring (bicyclic) bond motifs is 1. The van der Waals surface area contributed by atoms with Gasteiger partial charge in [0.25, 0.3) is 0 Å². The Labute approximate surface area is 213 Å². The zero-order chi connectivity index (χ0) is 24.9. The van der Waals surface area contributed by atoms with Gasteiger partial charge in [-0.05, 0) is 72.7 Å². The number of hydrogen-bond donors (Lipinski definition) is 2. The fraction of sp³-hybridized carbons (Fsp3) is 0.0690. The van der Waals surface area contributed by atoms with Crippen molar-refractivity contribution in [3.63, 3.8) is 0 Å². The highest BCUT2D eigenvalue weighted by molar-refractivity contribution is 7.80. The van der Waals surface area contributed by atoms with Crippen molar-refractivity contribution >= 4 is 46.1 Å². The standard InChI is InChI=1S/C29H23N3O3S/c1-2-19-11-14-26-24(17-19)31-28(35-26)21-9-6-10-22(18-21)30-29(36)32-27(33)16-13-23-12-15-25(34-23)20-7-4-3-5-8-20/h3-18H,2H2,1H3,(H2,30,32,33,36)/b16-13+. The molecule has 5 rings (SSSR count). The molecule has 0 aliphatic rings. The van der Waals surface area contributed by atoms with Gasteiger partial charge in [0.1, 0.15) is 17.0 Å². The maximum atomic E-state index is 12.3. The van der Waals surface area contributed by atoms with Crippen molar-refractivity contribution in [2.45, 2.75) is 13.3 Å². The number of aromatic nitrogens is 1. The van der Waals surface area contributed by atoms with Crippen LogP contribution in [0.5, 0.6) is 0 Å². The third-order valence-electron chi connectivity index (χ3n) is 5.55. The monoisotopic (exact) mass is 493 g/mol. The molecule has 5 aromatic rings. The van der Waals surface area contributed by atoms with E-state index in [1.807, 2.05) is 84.9 Å². The van der Waals surface area contributed by atoms with E-state index in [1.165, 1.54) is 11.6 Å². The normalized spacial score (nSPS) is 11.1. The van der Waals surface area contributed by atoms with Gasteiger partial charge < -0.3 is 14.2 Å². The lowest BCUT2D eigenvalue weighted by Gasteiger charge is -2.08. The number of amides is 1. The third kappa shape index (κ3) is 5.42. The van der Waals surface area contributed by atoms with Crippen molar-refractivity contribution in [2.75, 3.05) is 5.32 Å². The summed E-state index contributed by atoms with van der Waals surface area (Å²) in [7, 11) is 0. The Morgan fingerprint density at radius 2 is 1.78 bits per heavy atom. The highest BCUT2D eigenvalue weighted by Gasteiger charge is 2.10. The molecule has 0 spiro atoms. The Bertz CT molecular complexity index is 1570. The summed E-state index contributed by atoms with van der Waals surface area (Å²) in [5.41, 5.74) is 5.24. The van der Waals surface area contributed by atoms with E-state index in [-0.39, 0.29) is 11.0 Å². The molecule has 0 fully saturated rings. The average Bonchev–Trinajstić information content (AvgIpc) is 3.55. The molecule has 0 saturated heterocycles. The van der Waals surface area contributed by atoms with Gasteiger partial charge in [0, 0.05) is 22.9 Å². The molecule has 0 saturated carbocycles. The molecule has 1 amide bonds. The van der Waals surface area contributed by atoms with Gasteiger partial charge in [-0.25, -0.2) is 4.98 Å². The molecule has 0 aliphatic carbocycles. The number of thiocarbonyl (C=S) groups is 1. The summed E-state index contributed by atoms with van der Waals surface area (Å²) in [6, 6.07) is 27.0. The van der Waals surface area contributed by atoms with Crippen LogP contribution in [0.1, 0.15) is 18.2 Å². The van der Waals surface area contributed by atoms with Crippen LogP contribution in [0, 0.1) is 0 Å². The molecule has 2 heterocycles. The number of oxazole rings is 1. The van der Waals surface area contributed by atoms with Crippen LogP contribution in [0.4, 0.5) is 5.69 Å². The number of furan rings is 1. The summed E-state index contributed by atoms with van der Waals surface area (Å²) < 4.78 is 11.7. The lowest BCUT2D eigenvalue weighted by atomic mass is 10.1. The number of anilines is 1. The Hall–Kier alpha value is -4.49. The fourth-order valence-electron chi connectivity index (χ4n) is 3.72. The Morgan fingerprint density at radius 3 is 2.61 bits per heavy atom. The summed E-state index contributed by atoms with van der Waals surface area (Å²) in [4.78, 5) is 17.0. The predicted octanol–water partition coefficient (Wildman–Crippen LogP) is 6.84. The number of carbonyl (C=O) groups is 1. The molecule has 178 valence electrons. The second kappa shape index (κ2) is 10.4. The Morgan fingerprint density at radius 1 is 0.944 bits per heavy atom. The number of nitrogens with one attached hydrogen (secondary N) is 2. The molecule has 0 aliphatic heterocycles. The van der Waals surface area contributed by atoms with Gasteiger partial charge in [0.2, 0.25) is 11.8 Å². The van der Waals surface area contributed by atoms with Gasteiger partial charge in [0.15, 0.2) is 10.7 Å². The second-order valence-corrected chi connectivity index (χ2v) is 8.51. The number of nitrogens with zero attached hydrogens (tertiary/aromatic N) is 1. The van der Waals surface area contributed by atoms with E-state index < -0.39 is 0 Å². The third-order valence-corrected chi connectivity index (χ3v) is 5.75. The van der Waals surface area contributed by atoms with Crippen LogP contribution in [-0.4, -0.2) is 16.0 Å². The SMILES string of the molecule is CCc1ccc2oc(-c3cccc(NC(=S)NC(=O)/C=C/c4ccc(-c5ccccc5)o4)c3)nc2c1. The van der Waals surface area contributed by atoms with Gasteiger partial charge in [-0.1, -0.05) is 49.4 Å². The van der Waals surface area contributed by atoms with E-state index >= 15 is 0 Å². The first-order chi connectivity index (χ1) is 17.6. The molecule has 2 N–H and O–H groups in total. The van der Waals surface area contributed by atoms with E-state index in [1.54, 1.807) is 6.08 Å². The Balaban J connectivity index is 1.21. The van der Waals surface area contributed by atoms with Gasteiger partial charge in [0.05, 0.1) is 0 Å². The minimum Gasteiger partial charge on any atom is -0.457 e. The summed E-state index contributed by atoms with van der Waals surface area (Å²) in [6.45, 7) is 2.10. The van der Waals surface area contributed by atoms with Gasteiger partial charge >= 0.3 is 0 Å². The van der Waals surface area contributed by atoms with Crippen molar-refractivity contribution in [1.29, 1.82) is 0 Å². The predicted molar refractivity (Wildman–Crippen MR) is 146 cm³/mol. The van der Waals surface area contributed by atoms with E-state index in [2.05, 4.69) is 22.5 Å². The van der Waals surface area contributed by atoms with Crippen LogP contribution >= 0.6 is 12.2 Å². The molecule has 36 heavy (non-hydrogen) atoms. The molecule has 3 aromatic carbocycles. The molecule has 0 radical (unpaired) electrons. The molecule has 7 heteroatoms. The van der Waals surface area contributed by atoms with Crippen molar-refractivity contribution in [3.8, 4) is 22.8 Å².